The first-order valence-corrected chi connectivity index (χ1v) is 5.09. The standard InChI is InChI=1S/C15H17N/c1-6-12-10-11-13(7-2)15(9-4)16(5)14(12)8-3/h6-11H,1-4H2,5H3. The molecule has 0 atom stereocenters. The molecule has 0 aromatic carbocycles. The molecule has 0 fully saturated rings. The lowest BCUT2D eigenvalue weighted by atomic mass is 10.1. The predicted octanol–water partition coefficient (Wildman–Crippen LogP) is 3.74. The SMILES string of the molecule is C=CC1=C(C=C)N(C)C(C=C)=C(C=C)C=C1. The highest BCUT2D eigenvalue weighted by Gasteiger charge is 2.12. The summed E-state index contributed by atoms with van der Waals surface area (Å²) >= 11 is 0. The molecule has 1 rings (SSSR count). The van der Waals surface area contributed by atoms with Crippen LogP contribution in [0.1, 0.15) is 0 Å². The van der Waals surface area contributed by atoms with Gasteiger partial charge in [-0.05, 0) is 23.3 Å². The molecule has 0 saturated heterocycles. The normalized spacial score (nSPS) is 15.9. The van der Waals surface area contributed by atoms with E-state index in [1.165, 1.54) is 0 Å². The van der Waals surface area contributed by atoms with Gasteiger partial charge in [0.15, 0.2) is 0 Å². The Bertz CT molecular complexity index is 390. The molecule has 0 radical (unpaired) electrons. The summed E-state index contributed by atoms with van der Waals surface area (Å²) in [5, 5.41) is 0. The monoisotopic (exact) mass is 211 g/mol. The third-order valence-corrected chi connectivity index (χ3v) is 2.58. The van der Waals surface area contributed by atoms with Crippen molar-refractivity contribution in [3.63, 3.8) is 0 Å². The molecule has 0 unspecified atom stereocenters. The molecule has 0 spiro atoms. The van der Waals surface area contributed by atoms with Crippen LogP contribution >= 0.6 is 0 Å². The zero-order valence-corrected chi connectivity index (χ0v) is 9.74. The Morgan fingerprint density at radius 3 is 1.44 bits per heavy atom. The Kier molecular flexibility index (Phi) is 3.90. The van der Waals surface area contributed by atoms with Crippen molar-refractivity contribution in [3.8, 4) is 0 Å². The summed E-state index contributed by atoms with van der Waals surface area (Å²) in [5.74, 6) is 0. The maximum atomic E-state index is 3.83. The highest BCUT2D eigenvalue weighted by atomic mass is 15.1. The number of nitrogens with zero attached hydrogens (tertiary/aromatic N) is 1. The quantitative estimate of drug-likeness (QED) is 0.684. The van der Waals surface area contributed by atoms with Crippen LogP contribution < -0.4 is 0 Å². The van der Waals surface area contributed by atoms with Crippen molar-refractivity contribution in [2.24, 2.45) is 0 Å². The van der Waals surface area contributed by atoms with E-state index in [2.05, 4.69) is 26.3 Å². The second kappa shape index (κ2) is 5.17. The van der Waals surface area contributed by atoms with Crippen LogP contribution in [0, 0.1) is 0 Å². The van der Waals surface area contributed by atoms with Gasteiger partial charge in [-0.2, -0.15) is 0 Å². The third-order valence-electron chi connectivity index (χ3n) is 2.58. The lowest BCUT2D eigenvalue weighted by Gasteiger charge is -2.23. The van der Waals surface area contributed by atoms with Gasteiger partial charge in [0.1, 0.15) is 0 Å². The molecule has 0 aromatic rings. The molecule has 0 aliphatic carbocycles. The highest BCUT2D eigenvalue weighted by molar-refractivity contribution is 5.51. The Morgan fingerprint density at radius 1 is 0.812 bits per heavy atom. The Morgan fingerprint density at radius 2 is 1.19 bits per heavy atom. The van der Waals surface area contributed by atoms with Gasteiger partial charge in [0.2, 0.25) is 0 Å². The van der Waals surface area contributed by atoms with E-state index in [-0.39, 0.29) is 0 Å². The van der Waals surface area contributed by atoms with E-state index in [9.17, 15) is 0 Å². The van der Waals surface area contributed by atoms with Crippen molar-refractivity contribution < 1.29 is 0 Å². The summed E-state index contributed by atoms with van der Waals surface area (Å²) in [6.07, 6.45) is 11.3. The van der Waals surface area contributed by atoms with Gasteiger partial charge < -0.3 is 4.90 Å². The van der Waals surface area contributed by atoms with Crippen molar-refractivity contribution in [3.05, 3.63) is 85.3 Å². The van der Waals surface area contributed by atoms with Crippen LogP contribution in [0.25, 0.3) is 0 Å². The van der Waals surface area contributed by atoms with Gasteiger partial charge >= 0.3 is 0 Å². The van der Waals surface area contributed by atoms with E-state index in [1.807, 2.05) is 48.4 Å². The summed E-state index contributed by atoms with van der Waals surface area (Å²) in [5.41, 5.74) is 4.10. The lowest BCUT2D eigenvalue weighted by molar-refractivity contribution is 0.550. The molecular weight excluding hydrogens is 194 g/mol. The molecule has 16 heavy (non-hydrogen) atoms. The molecule has 1 heterocycles. The van der Waals surface area contributed by atoms with E-state index in [0.717, 1.165) is 22.5 Å². The predicted molar refractivity (Wildman–Crippen MR) is 71.7 cm³/mol. The summed E-state index contributed by atoms with van der Waals surface area (Å²) in [6.45, 7) is 15.3. The van der Waals surface area contributed by atoms with Crippen molar-refractivity contribution in [2.75, 3.05) is 7.05 Å². The zero-order valence-electron chi connectivity index (χ0n) is 9.74. The zero-order chi connectivity index (χ0) is 12.1. The molecule has 0 aromatic heterocycles. The number of allylic oxidation sites excluding steroid dienone is 8. The van der Waals surface area contributed by atoms with Crippen molar-refractivity contribution in [1.29, 1.82) is 0 Å². The first-order valence-electron chi connectivity index (χ1n) is 5.09. The van der Waals surface area contributed by atoms with E-state index >= 15 is 0 Å². The fourth-order valence-corrected chi connectivity index (χ4v) is 1.72. The van der Waals surface area contributed by atoms with Crippen LogP contribution in [0.2, 0.25) is 0 Å². The summed E-state index contributed by atoms with van der Waals surface area (Å²) in [4.78, 5) is 2.04. The molecule has 0 saturated carbocycles. The third kappa shape index (κ3) is 1.98. The van der Waals surface area contributed by atoms with Crippen LogP contribution in [-0.4, -0.2) is 11.9 Å². The van der Waals surface area contributed by atoms with Gasteiger partial charge in [0.25, 0.3) is 0 Å². The minimum absolute atomic E-state index is 1.01. The van der Waals surface area contributed by atoms with Gasteiger partial charge in [-0.15, -0.1) is 0 Å². The van der Waals surface area contributed by atoms with Crippen molar-refractivity contribution in [1.82, 2.24) is 4.90 Å². The van der Waals surface area contributed by atoms with Crippen molar-refractivity contribution >= 4 is 0 Å². The molecule has 82 valence electrons. The van der Waals surface area contributed by atoms with Crippen LogP contribution in [0.3, 0.4) is 0 Å². The maximum Gasteiger partial charge on any atom is 0.0475 e. The van der Waals surface area contributed by atoms with E-state index in [1.54, 1.807) is 0 Å². The van der Waals surface area contributed by atoms with Crippen LogP contribution in [0.15, 0.2) is 85.3 Å². The molecule has 1 aliphatic rings. The molecule has 0 amide bonds. The smallest absolute Gasteiger partial charge is 0.0475 e. The maximum absolute atomic E-state index is 3.83. The minimum atomic E-state index is 1.01. The summed E-state index contributed by atoms with van der Waals surface area (Å²) in [6, 6.07) is 0. The van der Waals surface area contributed by atoms with Gasteiger partial charge in [0.05, 0.1) is 0 Å². The number of likely N-dealkylation sites (N-methyl/N-ethyl adjacent to an activating group) is 1. The fraction of sp³-hybridized carbons (Fsp3) is 0.0667. The number of hydrogen-bond acceptors (Lipinski definition) is 1. The molecular formula is C15H17N. The fourth-order valence-electron chi connectivity index (χ4n) is 1.72. The molecule has 1 nitrogen and oxygen atoms in total. The van der Waals surface area contributed by atoms with Crippen LogP contribution in [-0.2, 0) is 0 Å². The van der Waals surface area contributed by atoms with E-state index < -0.39 is 0 Å². The Hall–Kier alpha value is -2.02. The Labute approximate surface area is 97.8 Å². The lowest BCUT2D eigenvalue weighted by Crippen LogP contribution is -2.16. The first kappa shape index (κ1) is 12.1. The number of rotatable bonds is 4. The van der Waals surface area contributed by atoms with Crippen molar-refractivity contribution in [2.45, 2.75) is 0 Å². The molecule has 1 heteroatoms. The topological polar surface area (TPSA) is 3.24 Å². The van der Waals surface area contributed by atoms with Gasteiger partial charge in [0, 0.05) is 18.4 Å². The molecule has 1 aliphatic heterocycles. The Balaban J connectivity index is 3.45. The first-order chi connectivity index (χ1) is 7.69. The minimum Gasteiger partial charge on any atom is -0.344 e. The van der Waals surface area contributed by atoms with Crippen LogP contribution in [0.4, 0.5) is 0 Å². The largest absolute Gasteiger partial charge is 0.344 e. The van der Waals surface area contributed by atoms with Crippen LogP contribution in [0.5, 0.6) is 0 Å². The van der Waals surface area contributed by atoms with Gasteiger partial charge in [-0.1, -0.05) is 50.6 Å². The van der Waals surface area contributed by atoms with E-state index in [0.29, 0.717) is 0 Å². The molecule has 0 bridgehead atoms. The average Bonchev–Trinajstić information content (AvgIpc) is 2.44. The highest BCUT2D eigenvalue weighted by Crippen LogP contribution is 2.25. The average molecular weight is 211 g/mol. The second-order valence-electron chi connectivity index (χ2n) is 3.39. The number of hydrogen-bond donors (Lipinski definition) is 0. The summed E-state index contributed by atoms with van der Waals surface area (Å²) < 4.78 is 0. The second-order valence-corrected chi connectivity index (χ2v) is 3.39. The van der Waals surface area contributed by atoms with Gasteiger partial charge in [-0.3, -0.25) is 0 Å². The van der Waals surface area contributed by atoms with Gasteiger partial charge in [-0.25, -0.2) is 0 Å². The van der Waals surface area contributed by atoms with E-state index in [4.69, 9.17) is 0 Å². The summed E-state index contributed by atoms with van der Waals surface area (Å²) in [7, 11) is 1.98. The molecule has 0 N–H and O–H groups in total.